The molecule has 0 spiro atoms. The zero-order chi connectivity index (χ0) is 14.5. The summed E-state index contributed by atoms with van der Waals surface area (Å²) in [6.07, 6.45) is 1.32. The molecular formula is C14H12N2O4. The number of aromatic nitrogens is 1. The molecule has 6 nitrogen and oxygen atoms in total. The van der Waals surface area contributed by atoms with Crippen molar-refractivity contribution in [3.05, 3.63) is 53.9 Å². The lowest BCUT2D eigenvalue weighted by molar-refractivity contribution is 0.0690. The van der Waals surface area contributed by atoms with Crippen molar-refractivity contribution in [2.45, 2.75) is 0 Å². The number of anilines is 1. The lowest BCUT2D eigenvalue weighted by Gasteiger charge is -2.09. The van der Waals surface area contributed by atoms with Crippen molar-refractivity contribution in [2.75, 3.05) is 12.4 Å². The first-order valence-corrected chi connectivity index (χ1v) is 5.75. The van der Waals surface area contributed by atoms with Crippen molar-refractivity contribution in [1.82, 2.24) is 4.98 Å². The minimum absolute atomic E-state index is 0.136. The van der Waals surface area contributed by atoms with E-state index in [1.807, 2.05) is 0 Å². The predicted molar refractivity (Wildman–Crippen MR) is 72.1 cm³/mol. The number of benzene rings is 1. The van der Waals surface area contributed by atoms with E-state index in [2.05, 4.69) is 10.3 Å². The molecule has 0 bridgehead atoms. The number of nitrogens with zero attached hydrogens (tertiary/aromatic N) is 1. The van der Waals surface area contributed by atoms with Gasteiger partial charge >= 0.3 is 5.97 Å². The number of methoxy groups -OCH3 is 1. The second-order valence-electron chi connectivity index (χ2n) is 3.89. The van der Waals surface area contributed by atoms with E-state index in [9.17, 15) is 9.59 Å². The van der Waals surface area contributed by atoms with E-state index in [1.54, 1.807) is 24.3 Å². The number of rotatable bonds is 4. The average Bonchev–Trinajstić information content (AvgIpc) is 2.47. The van der Waals surface area contributed by atoms with Crippen molar-refractivity contribution in [3.63, 3.8) is 0 Å². The predicted octanol–water partition coefficient (Wildman–Crippen LogP) is 2.04. The Morgan fingerprint density at radius 1 is 1.25 bits per heavy atom. The number of ether oxygens (including phenoxy) is 1. The summed E-state index contributed by atoms with van der Waals surface area (Å²) in [6.45, 7) is 0. The number of para-hydroxylation sites is 1. The first kappa shape index (κ1) is 13.5. The molecule has 1 aromatic heterocycles. The molecule has 0 saturated heterocycles. The normalized spacial score (nSPS) is 9.85. The maximum atomic E-state index is 12.1. The summed E-state index contributed by atoms with van der Waals surface area (Å²) in [5.74, 6) is -1.10. The fraction of sp³-hybridized carbons (Fsp3) is 0.0714. The summed E-state index contributed by atoms with van der Waals surface area (Å²) in [5, 5.41) is 11.5. The van der Waals surface area contributed by atoms with Gasteiger partial charge < -0.3 is 15.2 Å². The van der Waals surface area contributed by atoms with Gasteiger partial charge in [0.25, 0.3) is 5.91 Å². The Hall–Kier alpha value is -2.89. The highest BCUT2D eigenvalue weighted by Crippen LogP contribution is 2.19. The van der Waals surface area contributed by atoms with Crippen LogP contribution in [0.5, 0.6) is 5.75 Å². The highest BCUT2D eigenvalue weighted by atomic mass is 16.5. The third-order valence-corrected chi connectivity index (χ3v) is 2.59. The van der Waals surface area contributed by atoms with E-state index >= 15 is 0 Å². The standard InChI is InChI=1S/C14H12N2O4/c1-20-12-5-3-2-4-10(12)13(17)16-9-6-7-15-11(8-9)14(18)19/h2-8H,1H3,(H,18,19)(H,15,16,17). The molecule has 0 aliphatic carbocycles. The van der Waals surface area contributed by atoms with E-state index in [4.69, 9.17) is 9.84 Å². The molecule has 1 amide bonds. The van der Waals surface area contributed by atoms with E-state index < -0.39 is 5.97 Å². The Morgan fingerprint density at radius 3 is 2.70 bits per heavy atom. The molecule has 2 rings (SSSR count). The number of carbonyl (C=O) groups is 2. The van der Waals surface area contributed by atoms with Crippen LogP contribution in [0.3, 0.4) is 0 Å². The number of carboxylic acid groups (broad SMARTS) is 1. The van der Waals surface area contributed by atoms with Gasteiger partial charge in [-0.3, -0.25) is 4.79 Å². The lowest BCUT2D eigenvalue weighted by Crippen LogP contribution is -2.13. The van der Waals surface area contributed by atoms with Crippen LogP contribution in [0.25, 0.3) is 0 Å². The summed E-state index contributed by atoms with van der Waals surface area (Å²) >= 11 is 0. The molecule has 0 unspecified atom stereocenters. The fourth-order valence-electron chi connectivity index (χ4n) is 1.66. The van der Waals surface area contributed by atoms with Crippen molar-refractivity contribution in [1.29, 1.82) is 0 Å². The monoisotopic (exact) mass is 272 g/mol. The van der Waals surface area contributed by atoms with Crippen molar-refractivity contribution in [3.8, 4) is 5.75 Å². The summed E-state index contributed by atoms with van der Waals surface area (Å²) in [4.78, 5) is 26.6. The molecule has 1 heterocycles. The van der Waals surface area contributed by atoms with Crippen LogP contribution < -0.4 is 10.1 Å². The SMILES string of the molecule is COc1ccccc1C(=O)Nc1ccnc(C(=O)O)c1. The zero-order valence-electron chi connectivity index (χ0n) is 10.7. The molecule has 6 heteroatoms. The van der Waals surface area contributed by atoms with Crippen molar-refractivity contribution < 1.29 is 19.4 Å². The summed E-state index contributed by atoms with van der Waals surface area (Å²) in [5.41, 5.74) is 0.583. The molecule has 0 atom stereocenters. The van der Waals surface area contributed by atoms with Gasteiger partial charge in [-0.1, -0.05) is 12.1 Å². The van der Waals surface area contributed by atoms with E-state index in [-0.39, 0.29) is 11.6 Å². The third-order valence-electron chi connectivity index (χ3n) is 2.59. The number of pyridine rings is 1. The van der Waals surface area contributed by atoms with Crippen LogP contribution in [0.4, 0.5) is 5.69 Å². The maximum Gasteiger partial charge on any atom is 0.354 e. The highest BCUT2D eigenvalue weighted by Gasteiger charge is 2.12. The Morgan fingerprint density at radius 2 is 2.00 bits per heavy atom. The van der Waals surface area contributed by atoms with Crippen molar-refractivity contribution in [2.24, 2.45) is 0 Å². The van der Waals surface area contributed by atoms with Crippen LogP contribution in [0, 0.1) is 0 Å². The zero-order valence-corrected chi connectivity index (χ0v) is 10.7. The smallest absolute Gasteiger partial charge is 0.354 e. The maximum absolute atomic E-state index is 12.1. The number of carbonyl (C=O) groups excluding carboxylic acids is 1. The molecule has 2 N–H and O–H groups in total. The molecule has 20 heavy (non-hydrogen) atoms. The molecule has 0 fully saturated rings. The molecule has 102 valence electrons. The summed E-state index contributed by atoms with van der Waals surface area (Å²) < 4.78 is 5.10. The van der Waals surface area contributed by atoms with Crippen LogP contribution in [0.15, 0.2) is 42.6 Å². The number of aromatic carboxylic acids is 1. The Kier molecular flexibility index (Phi) is 3.95. The Labute approximate surface area is 115 Å². The van der Waals surface area contributed by atoms with Gasteiger partial charge in [0.05, 0.1) is 12.7 Å². The largest absolute Gasteiger partial charge is 0.496 e. The van der Waals surface area contributed by atoms with Gasteiger partial charge in [0.1, 0.15) is 11.4 Å². The van der Waals surface area contributed by atoms with Gasteiger partial charge in [-0.25, -0.2) is 9.78 Å². The first-order chi connectivity index (χ1) is 9.61. The number of nitrogens with one attached hydrogen (secondary N) is 1. The van der Waals surface area contributed by atoms with Crippen LogP contribution >= 0.6 is 0 Å². The van der Waals surface area contributed by atoms with Crippen LogP contribution in [-0.2, 0) is 0 Å². The minimum Gasteiger partial charge on any atom is -0.496 e. The van der Waals surface area contributed by atoms with E-state index in [0.717, 1.165) is 0 Å². The molecule has 1 aromatic carbocycles. The highest BCUT2D eigenvalue weighted by molar-refractivity contribution is 6.06. The second-order valence-corrected chi connectivity index (χ2v) is 3.89. The topological polar surface area (TPSA) is 88.5 Å². The minimum atomic E-state index is -1.15. The number of hydrogen-bond acceptors (Lipinski definition) is 4. The summed E-state index contributed by atoms with van der Waals surface area (Å²) in [7, 11) is 1.47. The Bertz CT molecular complexity index is 655. The molecule has 0 aliphatic rings. The van der Waals surface area contributed by atoms with Crippen LogP contribution in [0.2, 0.25) is 0 Å². The Balaban J connectivity index is 2.23. The molecule has 0 saturated carbocycles. The van der Waals surface area contributed by atoms with Gasteiger partial charge in [-0.2, -0.15) is 0 Å². The number of carboxylic acids is 1. The van der Waals surface area contributed by atoms with Gasteiger partial charge in [0, 0.05) is 11.9 Å². The molecule has 2 aromatic rings. The second kappa shape index (κ2) is 5.83. The van der Waals surface area contributed by atoms with Gasteiger partial charge in [-0.05, 0) is 24.3 Å². The van der Waals surface area contributed by atoms with Gasteiger partial charge in [0.2, 0.25) is 0 Å². The van der Waals surface area contributed by atoms with E-state index in [1.165, 1.54) is 25.4 Å². The number of amides is 1. The molecular weight excluding hydrogens is 260 g/mol. The first-order valence-electron chi connectivity index (χ1n) is 5.75. The fourth-order valence-corrected chi connectivity index (χ4v) is 1.66. The van der Waals surface area contributed by atoms with Crippen LogP contribution in [-0.4, -0.2) is 29.1 Å². The lowest BCUT2D eigenvalue weighted by atomic mass is 10.2. The van der Waals surface area contributed by atoms with Crippen LogP contribution in [0.1, 0.15) is 20.8 Å². The molecule has 0 radical (unpaired) electrons. The van der Waals surface area contributed by atoms with Crippen molar-refractivity contribution >= 4 is 17.6 Å². The van der Waals surface area contributed by atoms with Gasteiger partial charge in [0.15, 0.2) is 0 Å². The van der Waals surface area contributed by atoms with E-state index in [0.29, 0.717) is 17.0 Å². The number of hydrogen-bond donors (Lipinski definition) is 2. The molecule has 0 aliphatic heterocycles. The van der Waals surface area contributed by atoms with Gasteiger partial charge in [-0.15, -0.1) is 0 Å². The third kappa shape index (κ3) is 2.92. The quantitative estimate of drug-likeness (QED) is 0.889. The summed E-state index contributed by atoms with van der Waals surface area (Å²) in [6, 6.07) is 9.56. The average molecular weight is 272 g/mol.